The Bertz CT molecular complexity index is 32.7. The van der Waals surface area contributed by atoms with Gasteiger partial charge in [0.05, 0.1) is 0 Å². The lowest BCUT2D eigenvalue weighted by atomic mass is 10.6. The van der Waals surface area contributed by atoms with E-state index >= 15 is 0 Å². The van der Waals surface area contributed by atoms with Crippen molar-refractivity contribution in [3.63, 3.8) is 0 Å². The largest absolute Gasteiger partial charge is 0.178 e. The first-order valence-corrected chi connectivity index (χ1v) is 5.89. The molecule has 3 heteroatoms. The second-order valence-electron chi connectivity index (χ2n) is 1.37. The van der Waals surface area contributed by atoms with Crippen LogP contribution in [0.3, 0.4) is 0 Å². The van der Waals surface area contributed by atoms with Gasteiger partial charge < -0.3 is 0 Å². The zero-order valence-electron chi connectivity index (χ0n) is 5.09. The molecule has 0 unspecified atom stereocenters. The molecule has 0 heterocycles. The standard InChI is InChI=1S/C5H12S3/c1-2-4-7-8-5-3-6/h6H,2-5H2,1H3. The molecule has 0 aromatic rings. The summed E-state index contributed by atoms with van der Waals surface area (Å²) in [6, 6.07) is 0. The van der Waals surface area contributed by atoms with E-state index in [-0.39, 0.29) is 0 Å². The molecule has 0 aromatic heterocycles. The Morgan fingerprint density at radius 2 is 1.88 bits per heavy atom. The van der Waals surface area contributed by atoms with E-state index < -0.39 is 0 Å². The van der Waals surface area contributed by atoms with Crippen molar-refractivity contribution >= 4 is 34.2 Å². The topological polar surface area (TPSA) is 0 Å². The molecule has 0 rings (SSSR count). The average molecular weight is 168 g/mol. The Balaban J connectivity index is 2.53. The third-order valence-electron chi connectivity index (χ3n) is 0.545. The van der Waals surface area contributed by atoms with Crippen molar-refractivity contribution in [3.8, 4) is 0 Å². The molecule has 0 spiro atoms. The number of hydrogen-bond acceptors (Lipinski definition) is 3. The Hall–Kier alpha value is 1.05. The maximum atomic E-state index is 4.09. The molecule has 0 atom stereocenters. The van der Waals surface area contributed by atoms with Crippen molar-refractivity contribution in [1.82, 2.24) is 0 Å². The molecule has 0 saturated heterocycles. The molecule has 0 aliphatic heterocycles. The number of thiol groups is 1. The van der Waals surface area contributed by atoms with Crippen LogP contribution in [0.25, 0.3) is 0 Å². The normalized spacial score (nSPS) is 9.75. The molecule has 0 saturated carbocycles. The fourth-order valence-electron chi connectivity index (χ4n) is 0.238. The first-order valence-electron chi connectivity index (χ1n) is 2.77. The highest BCUT2D eigenvalue weighted by Crippen LogP contribution is 2.21. The van der Waals surface area contributed by atoms with Crippen LogP contribution in [0.2, 0.25) is 0 Å². The van der Waals surface area contributed by atoms with Gasteiger partial charge in [0.15, 0.2) is 0 Å². The van der Waals surface area contributed by atoms with Gasteiger partial charge in [0.25, 0.3) is 0 Å². The summed E-state index contributed by atoms with van der Waals surface area (Å²) < 4.78 is 0. The molecule has 8 heavy (non-hydrogen) atoms. The summed E-state index contributed by atoms with van der Waals surface area (Å²) in [5.74, 6) is 3.45. The molecule has 0 aliphatic carbocycles. The molecule has 0 amide bonds. The van der Waals surface area contributed by atoms with Crippen molar-refractivity contribution < 1.29 is 0 Å². The zero-order chi connectivity index (χ0) is 6.24. The summed E-state index contributed by atoms with van der Waals surface area (Å²) in [6.07, 6.45) is 1.28. The highest BCUT2D eigenvalue weighted by molar-refractivity contribution is 8.76. The zero-order valence-corrected chi connectivity index (χ0v) is 7.62. The second kappa shape index (κ2) is 8.05. The van der Waals surface area contributed by atoms with Gasteiger partial charge in [-0.2, -0.15) is 12.6 Å². The molecule has 0 aliphatic rings. The molecular formula is C5H12S3. The van der Waals surface area contributed by atoms with Crippen LogP contribution in [-0.4, -0.2) is 17.3 Å². The third kappa shape index (κ3) is 7.05. The lowest BCUT2D eigenvalue weighted by Crippen LogP contribution is -1.75. The van der Waals surface area contributed by atoms with Gasteiger partial charge in [-0.15, -0.1) is 0 Å². The molecule has 0 nitrogen and oxygen atoms in total. The highest BCUT2D eigenvalue weighted by Gasteiger charge is 1.84. The van der Waals surface area contributed by atoms with Gasteiger partial charge in [0, 0.05) is 17.3 Å². The van der Waals surface area contributed by atoms with E-state index in [9.17, 15) is 0 Å². The predicted molar refractivity (Wildman–Crippen MR) is 49.1 cm³/mol. The summed E-state index contributed by atoms with van der Waals surface area (Å²) in [5.41, 5.74) is 0. The number of rotatable bonds is 5. The van der Waals surface area contributed by atoms with Gasteiger partial charge in [-0.3, -0.25) is 0 Å². The van der Waals surface area contributed by atoms with E-state index in [0.717, 1.165) is 5.75 Å². The van der Waals surface area contributed by atoms with Crippen LogP contribution in [0, 0.1) is 0 Å². The van der Waals surface area contributed by atoms with Crippen LogP contribution in [0.5, 0.6) is 0 Å². The molecular weight excluding hydrogens is 156 g/mol. The van der Waals surface area contributed by atoms with Crippen LogP contribution >= 0.6 is 34.2 Å². The minimum atomic E-state index is 1.00. The maximum absolute atomic E-state index is 4.09. The first kappa shape index (κ1) is 9.05. The smallest absolute Gasteiger partial charge is 0.0125 e. The Morgan fingerprint density at radius 1 is 1.25 bits per heavy atom. The first-order chi connectivity index (χ1) is 3.91. The van der Waals surface area contributed by atoms with Crippen molar-refractivity contribution in [3.05, 3.63) is 0 Å². The maximum Gasteiger partial charge on any atom is 0.0125 e. The summed E-state index contributed by atoms with van der Waals surface area (Å²) in [4.78, 5) is 0. The van der Waals surface area contributed by atoms with Gasteiger partial charge in [0.2, 0.25) is 0 Å². The van der Waals surface area contributed by atoms with Crippen LogP contribution in [0.1, 0.15) is 13.3 Å². The monoisotopic (exact) mass is 168 g/mol. The summed E-state index contributed by atoms with van der Waals surface area (Å²) in [7, 11) is 3.86. The fraction of sp³-hybridized carbons (Fsp3) is 1.00. The minimum Gasteiger partial charge on any atom is -0.178 e. The lowest BCUT2D eigenvalue weighted by Gasteiger charge is -1.93. The fourth-order valence-corrected chi connectivity index (χ4v) is 2.82. The van der Waals surface area contributed by atoms with E-state index in [1.54, 1.807) is 0 Å². The third-order valence-corrected chi connectivity index (χ3v) is 3.68. The summed E-state index contributed by atoms with van der Waals surface area (Å²) in [6.45, 7) is 2.20. The van der Waals surface area contributed by atoms with Crippen LogP contribution in [-0.2, 0) is 0 Å². The Kier molecular flexibility index (Phi) is 9.11. The van der Waals surface area contributed by atoms with Gasteiger partial charge in [-0.25, -0.2) is 0 Å². The van der Waals surface area contributed by atoms with E-state index in [0.29, 0.717) is 0 Å². The lowest BCUT2D eigenvalue weighted by molar-refractivity contribution is 1.11. The minimum absolute atomic E-state index is 1.00. The average Bonchev–Trinajstić information content (AvgIpc) is 1.81. The van der Waals surface area contributed by atoms with E-state index in [1.165, 1.54) is 17.9 Å². The SMILES string of the molecule is CCCSSCCS. The quantitative estimate of drug-likeness (QED) is 0.381. The van der Waals surface area contributed by atoms with Crippen LogP contribution in [0.4, 0.5) is 0 Å². The second-order valence-corrected chi connectivity index (χ2v) is 4.52. The van der Waals surface area contributed by atoms with Crippen molar-refractivity contribution in [2.45, 2.75) is 13.3 Å². The van der Waals surface area contributed by atoms with Crippen LogP contribution < -0.4 is 0 Å². The summed E-state index contributed by atoms with van der Waals surface area (Å²) in [5, 5.41) is 0. The van der Waals surface area contributed by atoms with Gasteiger partial charge in [-0.1, -0.05) is 28.5 Å². The number of hydrogen-bond donors (Lipinski definition) is 1. The van der Waals surface area contributed by atoms with Crippen molar-refractivity contribution in [2.75, 3.05) is 17.3 Å². The van der Waals surface area contributed by atoms with Crippen LogP contribution in [0.15, 0.2) is 0 Å². The molecule has 0 radical (unpaired) electrons. The van der Waals surface area contributed by atoms with Gasteiger partial charge in [0.1, 0.15) is 0 Å². The highest BCUT2D eigenvalue weighted by atomic mass is 33.1. The Labute approximate surface area is 65.0 Å². The van der Waals surface area contributed by atoms with E-state index in [2.05, 4.69) is 19.6 Å². The Morgan fingerprint density at radius 3 is 2.38 bits per heavy atom. The van der Waals surface area contributed by atoms with E-state index in [1.807, 2.05) is 21.6 Å². The molecule has 0 aromatic carbocycles. The molecule has 0 bridgehead atoms. The summed E-state index contributed by atoms with van der Waals surface area (Å²) >= 11 is 4.09. The predicted octanol–water partition coefficient (Wildman–Crippen LogP) is 2.71. The molecule has 50 valence electrons. The molecule has 0 fully saturated rings. The van der Waals surface area contributed by atoms with E-state index in [4.69, 9.17) is 0 Å². The van der Waals surface area contributed by atoms with Crippen molar-refractivity contribution in [2.24, 2.45) is 0 Å². The van der Waals surface area contributed by atoms with Gasteiger partial charge >= 0.3 is 0 Å². The molecule has 0 N–H and O–H groups in total. The van der Waals surface area contributed by atoms with Gasteiger partial charge in [-0.05, 0) is 6.42 Å². The van der Waals surface area contributed by atoms with Crippen molar-refractivity contribution in [1.29, 1.82) is 0 Å².